The van der Waals surface area contributed by atoms with Crippen LogP contribution in [0.4, 0.5) is 0 Å². The molecule has 2 aromatic carbocycles. The molecular weight excluding hydrogens is 264 g/mol. The van der Waals surface area contributed by atoms with Crippen molar-refractivity contribution >= 4 is 21.9 Å². The Morgan fingerprint density at radius 1 is 1.05 bits per heavy atom. The lowest BCUT2D eigenvalue weighted by atomic mass is 10.1. The van der Waals surface area contributed by atoms with Crippen LogP contribution in [0.3, 0.4) is 0 Å². The molecule has 0 aliphatic heterocycles. The van der Waals surface area contributed by atoms with Gasteiger partial charge in [-0.15, -0.1) is 0 Å². The summed E-state index contributed by atoms with van der Waals surface area (Å²) in [4.78, 5) is 12.4. The largest absolute Gasteiger partial charge is 0.507 e. The van der Waals surface area contributed by atoms with Crippen molar-refractivity contribution in [1.29, 1.82) is 0 Å². The number of hydrogen-bond donors (Lipinski definition) is 3. The van der Waals surface area contributed by atoms with E-state index in [1.165, 1.54) is 31.4 Å². The Kier molecular flexibility index (Phi) is 2.47. The second-order valence-electron chi connectivity index (χ2n) is 4.23. The quantitative estimate of drug-likeness (QED) is 0.587. The van der Waals surface area contributed by atoms with Gasteiger partial charge in [0.2, 0.25) is 11.2 Å². The van der Waals surface area contributed by atoms with E-state index >= 15 is 0 Å². The van der Waals surface area contributed by atoms with Crippen LogP contribution in [0.5, 0.6) is 23.0 Å². The highest BCUT2D eigenvalue weighted by Crippen LogP contribution is 2.41. The number of phenols is 3. The first-order valence-corrected chi connectivity index (χ1v) is 5.72. The Hall–Kier alpha value is -2.89. The third-order valence-corrected chi connectivity index (χ3v) is 3.08. The van der Waals surface area contributed by atoms with Crippen molar-refractivity contribution in [3.63, 3.8) is 0 Å². The smallest absolute Gasteiger partial charge is 0.208 e. The first-order valence-electron chi connectivity index (χ1n) is 5.72. The number of benzene rings is 2. The van der Waals surface area contributed by atoms with E-state index in [-0.39, 0.29) is 39.2 Å². The number of hydrogen-bond acceptors (Lipinski definition) is 6. The van der Waals surface area contributed by atoms with Crippen LogP contribution in [0, 0.1) is 0 Å². The Labute approximate surface area is 112 Å². The topological polar surface area (TPSA) is 100 Å². The summed E-state index contributed by atoms with van der Waals surface area (Å²) in [5, 5.41) is 29.3. The minimum absolute atomic E-state index is 0.00361. The Morgan fingerprint density at radius 2 is 1.80 bits per heavy atom. The van der Waals surface area contributed by atoms with Gasteiger partial charge in [-0.1, -0.05) is 6.07 Å². The molecule has 0 radical (unpaired) electrons. The number of ether oxygens (including phenoxy) is 1. The van der Waals surface area contributed by atoms with Crippen molar-refractivity contribution in [2.24, 2.45) is 0 Å². The fraction of sp³-hybridized carbons (Fsp3) is 0.0714. The van der Waals surface area contributed by atoms with Crippen LogP contribution in [-0.2, 0) is 0 Å². The molecule has 3 rings (SSSR count). The van der Waals surface area contributed by atoms with E-state index in [1.54, 1.807) is 0 Å². The first-order chi connectivity index (χ1) is 9.54. The van der Waals surface area contributed by atoms with Crippen LogP contribution < -0.4 is 10.2 Å². The van der Waals surface area contributed by atoms with E-state index in [2.05, 4.69) is 0 Å². The van der Waals surface area contributed by atoms with E-state index in [9.17, 15) is 20.1 Å². The number of fused-ring (bicyclic) bond motifs is 2. The maximum Gasteiger partial charge on any atom is 0.208 e. The van der Waals surface area contributed by atoms with E-state index in [0.717, 1.165) is 0 Å². The molecule has 20 heavy (non-hydrogen) atoms. The molecule has 0 unspecified atom stereocenters. The number of aromatic hydroxyl groups is 3. The monoisotopic (exact) mass is 274 g/mol. The molecule has 6 nitrogen and oxygen atoms in total. The summed E-state index contributed by atoms with van der Waals surface area (Å²) in [6, 6.07) is 5.56. The summed E-state index contributed by atoms with van der Waals surface area (Å²) >= 11 is 0. The fourth-order valence-electron chi connectivity index (χ4n) is 2.19. The van der Waals surface area contributed by atoms with Crippen LogP contribution >= 0.6 is 0 Å². The van der Waals surface area contributed by atoms with Gasteiger partial charge in [-0.2, -0.15) is 0 Å². The van der Waals surface area contributed by atoms with E-state index in [0.29, 0.717) is 0 Å². The second kappa shape index (κ2) is 4.06. The number of phenolic OH excluding ortho intramolecular Hbond substituents is 3. The lowest BCUT2D eigenvalue weighted by Crippen LogP contribution is -2.03. The van der Waals surface area contributed by atoms with Crippen LogP contribution in [0.2, 0.25) is 0 Å². The molecule has 102 valence electrons. The van der Waals surface area contributed by atoms with Gasteiger partial charge in [0.1, 0.15) is 27.7 Å². The molecule has 6 heteroatoms. The molecule has 0 aliphatic rings. The minimum atomic E-state index is -0.602. The zero-order chi connectivity index (χ0) is 14.4. The predicted octanol–water partition coefficient (Wildman–Crippen LogP) is 2.07. The third kappa shape index (κ3) is 1.48. The van der Waals surface area contributed by atoms with Gasteiger partial charge in [0.05, 0.1) is 7.11 Å². The summed E-state index contributed by atoms with van der Waals surface area (Å²) in [5.74, 6) is -1.34. The highest BCUT2D eigenvalue weighted by Gasteiger charge is 2.20. The van der Waals surface area contributed by atoms with Gasteiger partial charge >= 0.3 is 0 Å². The maximum atomic E-state index is 12.4. The van der Waals surface area contributed by atoms with Crippen LogP contribution in [0.15, 0.2) is 33.5 Å². The highest BCUT2D eigenvalue weighted by atomic mass is 16.5. The van der Waals surface area contributed by atoms with Crippen LogP contribution in [0.25, 0.3) is 21.9 Å². The summed E-state index contributed by atoms with van der Waals surface area (Å²) in [6.45, 7) is 0. The van der Waals surface area contributed by atoms with Crippen molar-refractivity contribution in [3.05, 3.63) is 34.5 Å². The van der Waals surface area contributed by atoms with Crippen LogP contribution in [-0.4, -0.2) is 22.4 Å². The molecule has 3 N–H and O–H groups in total. The van der Waals surface area contributed by atoms with Crippen molar-refractivity contribution < 1.29 is 24.5 Å². The van der Waals surface area contributed by atoms with Gasteiger partial charge in [0.15, 0.2) is 11.5 Å². The molecule has 0 saturated carbocycles. The molecule has 0 saturated heterocycles. The van der Waals surface area contributed by atoms with Crippen LogP contribution in [0.1, 0.15) is 0 Å². The van der Waals surface area contributed by atoms with Gasteiger partial charge in [-0.05, 0) is 12.1 Å². The summed E-state index contributed by atoms with van der Waals surface area (Å²) in [6.07, 6.45) is 0. The first kappa shape index (κ1) is 12.2. The zero-order valence-corrected chi connectivity index (χ0v) is 10.4. The average molecular weight is 274 g/mol. The lowest BCUT2D eigenvalue weighted by molar-refractivity contribution is 0.346. The van der Waals surface area contributed by atoms with E-state index in [1.807, 2.05) is 0 Å². The maximum absolute atomic E-state index is 12.4. The number of methoxy groups -OCH3 is 1. The molecule has 0 amide bonds. The Bertz CT molecular complexity index is 894. The number of rotatable bonds is 1. The molecule has 0 aliphatic carbocycles. The van der Waals surface area contributed by atoms with E-state index < -0.39 is 11.2 Å². The standard InChI is InChI=1S/C14H10O6/c1-19-14-7(16)5-9-11(13(14)18)12(17)10-6(15)3-2-4-8(10)20-9/h2-5,15-16,18H,1H3. The van der Waals surface area contributed by atoms with Crippen molar-refractivity contribution in [1.82, 2.24) is 0 Å². The molecule has 1 aromatic heterocycles. The Morgan fingerprint density at radius 3 is 2.50 bits per heavy atom. The van der Waals surface area contributed by atoms with Gasteiger partial charge in [0.25, 0.3) is 0 Å². The molecule has 1 heterocycles. The highest BCUT2D eigenvalue weighted by molar-refractivity contribution is 5.97. The lowest BCUT2D eigenvalue weighted by Gasteiger charge is -2.09. The molecule has 0 fully saturated rings. The van der Waals surface area contributed by atoms with Crippen molar-refractivity contribution in [2.75, 3.05) is 7.11 Å². The van der Waals surface area contributed by atoms with Crippen molar-refractivity contribution in [3.8, 4) is 23.0 Å². The summed E-state index contributed by atoms with van der Waals surface area (Å²) in [5.41, 5.74) is -0.439. The SMILES string of the molecule is COc1c(O)cc2oc3cccc(O)c3c(=O)c2c1O. The predicted molar refractivity (Wildman–Crippen MR) is 71.5 cm³/mol. The van der Waals surface area contributed by atoms with Crippen molar-refractivity contribution in [2.45, 2.75) is 0 Å². The second-order valence-corrected chi connectivity index (χ2v) is 4.23. The normalized spacial score (nSPS) is 11.1. The van der Waals surface area contributed by atoms with Gasteiger partial charge in [-0.3, -0.25) is 4.79 Å². The average Bonchev–Trinajstić information content (AvgIpc) is 2.38. The zero-order valence-electron chi connectivity index (χ0n) is 10.4. The molecule has 0 bridgehead atoms. The Balaban J connectivity index is 2.62. The molecule has 0 spiro atoms. The van der Waals surface area contributed by atoms with Gasteiger partial charge < -0.3 is 24.5 Å². The van der Waals surface area contributed by atoms with E-state index in [4.69, 9.17) is 9.15 Å². The van der Waals surface area contributed by atoms with Gasteiger partial charge in [0, 0.05) is 6.07 Å². The molecular formula is C14H10O6. The molecule has 3 aromatic rings. The molecule has 0 atom stereocenters. The fourth-order valence-corrected chi connectivity index (χ4v) is 2.19. The van der Waals surface area contributed by atoms with Gasteiger partial charge in [-0.25, -0.2) is 0 Å². The minimum Gasteiger partial charge on any atom is -0.507 e. The summed E-state index contributed by atoms with van der Waals surface area (Å²) < 4.78 is 10.3. The third-order valence-electron chi connectivity index (χ3n) is 3.08. The summed E-state index contributed by atoms with van der Waals surface area (Å²) in [7, 11) is 1.25.